The highest BCUT2D eigenvalue weighted by atomic mass is 16.7. The average Bonchev–Trinajstić information content (AvgIpc) is 2.84. The van der Waals surface area contributed by atoms with Gasteiger partial charge < -0.3 is 14.2 Å². The summed E-state index contributed by atoms with van der Waals surface area (Å²) in [6.07, 6.45) is 3.98. The number of ether oxygens (including phenoxy) is 3. The van der Waals surface area contributed by atoms with Crippen molar-refractivity contribution in [1.82, 2.24) is 0 Å². The highest BCUT2D eigenvalue weighted by Crippen LogP contribution is 2.36. The van der Waals surface area contributed by atoms with Crippen LogP contribution in [0.1, 0.15) is 51.2 Å². The van der Waals surface area contributed by atoms with E-state index in [1.165, 1.54) is 6.92 Å². The van der Waals surface area contributed by atoms with Gasteiger partial charge in [0.2, 0.25) is 6.79 Å². The predicted octanol–water partition coefficient (Wildman–Crippen LogP) is 3.60. The second kappa shape index (κ2) is 6.45. The van der Waals surface area contributed by atoms with Crippen molar-refractivity contribution < 1.29 is 19.0 Å². The maximum Gasteiger partial charge on any atom is 0.303 e. The maximum absolute atomic E-state index is 11.2. The Balaban J connectivity index is 2.10. The SMILES string of the molecule is CCCCCC(OC(C)=O)c1ccc2c(c1)OCO2. The highest BCUT2D eigenvalue weighted by molar-refractivity contribution is 5.66. The lowest BCUT2D eigenvalue weighted by molar-refractivity contribution is -0.147. The molecule has 0 radical (unpaired) electrons. The molecule has 0 aromatic heterocycles. The van der Waals surface area contributed by atoms with Crippen LogP contribution in [0.2, 0.25) is 0 Å². The fourth-order valence-electron chi connectivity index (χ4n) is 2.19. The quantitative estimate of drug-likeness (QED) is 0.581. The normalized spacial score (nSPS) is 14.2. The monoisotopic (exact) mass is 264 g/mol. The van der Waals surface area contributed by atoms with E-state index in [-0.39, 0.29) is 18.9 Å². The smallest absolute Gasteiger partial charge is 0.303 e. The van der Waals surface area contributed by atoms with Crippen LogP contribution in [0.3, 0.4) is 0 Å². The summed E-state index contributed by atoms with van der Waals surface area (Å²) in [5.41, 5.74) is 0.968. The van der Waals surface area contributed by atoms with Crippen molar-refractivity contribution in [3.63, 3.8) is 0 Å². The van der Waals surface area contributed by atoms with Gasteiger partial charge in [0, 0.05) is 6.92 Å². The van der Waals surface area contributed by atoms with Gasteiger partial charge >= 0.3 is 5.97 Å². The van der Waals surface area contributed by atoms with Crippen molar-refractivity contribution in [2.45, 2.75) is 45.6 Å². The molecule has 1 aliphatic rings. The van der Waals surface area contributed by atoms with Gasteiger partial charge in [-0.25, -0.2) is 0 Å². The first-order chi connectivity index (χ1) is 9.20. The first-order valence-corrected chi connectivity index (χ1v) is 6.77. The summed E-state index contributed by atoms with van der Waals surface area (Å²) in [4.78, 5) is 11.2. The van der Waals surface area contributed by atoms with E-state index in [0.29, 0.717) is 0 Å². The van der Waals surface area contributed by atoms with Crippen LogP contribution in [-0.4, -0.2) is 12.8 Å². The number of rotatable bonds is 6. The number of esters is 1. The lowest BCUT2D eigenvalue weighted by atomic mass is 10.0. The number of hydrogen-bond donors (Lipinski definition) is 0. The molecule has 0 fully saturated rings. The van der Waals surface area contributed by atoms with Crippen LogP contribution in [0.4, 0.5) is 0 Å². The van der Waals surface area contributed by atoms with Gasteiger partial charge in [0.05, 0.1) is 0 Å². The van der Waals surface area contributed by atoms with Crippen molar-refractivity contribution in [2.24, 2.45) is 0 Å². The van der Waals surface area contributed by atoms with E-state index in [1.54, 1.807) is 0 Å². The molecular formula is C15H20O4. The number of fused-ring (bicyclic) bond motifs is 1. The summed E-state index contributed by atoms with van der Waals surface area (Å²) in [7, 11) is 0. The number of hydrogen-bond acceptors (Lipinski definition) is 4. The molecule has 4 heteroatoms. The highest BCUT2D eigenvalue weighted by Gasteiger charge is 2.19. The van der Waals surface area contributed by atoms with Crippen LogP contribution in [0.5, 0.6) is 11.5 Å². The van der Waals surface area contributed by atoms with Crippen LogP contribution >= 0.6 is 0 Å². The lowest BCUT2D eigenvalue weighted by Gasteiger charge is -2.17. The van der Waals surface area contributed by atoms with E-state index in [0.717, 1.165) is 42.7 Å². The molecule has 19 heavy (non-hydrogen) atoms. The van der Waals surface area contributed by atoms with E-state index < -0.39 is 0 Å². The Morgan fingerprint density at radius 1 is 1.32 bits per heavy atom. The Morgan fingerprint density at radius 3 is 2.84 bits per heavy atom. The third kappa shape index (κ3) is 3.63. The Hall–Kier alpha value is -1.71. The fourth-order valence-corrected chi connectivity index (χ4v) is 2.19. The molecule has 0 N–H and O–H groups in total. The largest absolute Gasteiger partial charge is 0.458 e. The minimum absolute atomic E-state index is 0.196. The van der Waals surface area contributed by atoms with Crippen LogP contribution in [0, 0.1) is 0 Å². The molecule has 1 heterocycles. The van der Waals surface area contributed by atoms with Gasteiger partial charge in [-0.3, -0.25) is 4.79 Å². The zero-order valence-electron chi connectivity index (χ0n) is 11.5. The number of carbonyl (C=O) groups excluding carboxylic acids is 1. The van der Waals surface area contributed by atoms with Crippen molar-refractivity contribution in [1.29, 1.82) is 0 Å². The van der Waals surface area contributed by atoms with Crippen molar-refractivity contribution >= 4 is 5.97 Å². The molecule has 0 aliphatic carbocycles. The summed E-state index contributed by atoms with van der Waals surface area (Å²) in [6.45, 7) is 3.86. The second-order valence-electron chi connectivity index (χ2n) is 4.71. The van der Waals surface area contributed by atoms with Crippen LogP contribution in [0.25, 0.3) is 0 Å². The van der Waals surface area contributed by atoms with Crippen molar-refractivity contribution in [3.8, 4) is 11.5 Å². The topological polar surface area (TPSA) is 44.8 Å². The molecule has 4 nitrogen and oxygen atoms in total. The Kier molecular flexibility index (Phi) is 4.66. The summed E-state index contributed by atoms with van der Waals surface area (Å²) in [6, 6.07) is 5.71. The zero-order chi connectivity index (χ0) is 13.7. The molecule has 0 spiro atoms. The van der Waals surface area contributed by atoms with Gasteiger partial charge in [-0.2, -0.15) is 0 Å². The van der Waals surface area contributed by atoms with E-state index in [9.17, 15) is 4.79 Å². The lowest BCUT2D eigenvalue weighted by Crippen LogP contribution is -2.08. The summed E-state index contributed by atoms with van der Waals surface area (Å²) >= 11 is 0. The van der Waals surface area contributed by atoms with Gasteiger partial charge in [-0.05, 0) is 30.5 Å². The van der Waals surface area contributed by atoms with Gasteiger partial charge in [0.15, 0.2) is 11.5 Å². The van der Waals surface area contributed by atoms with E-state index in [1.807, 2.05) is 18.2 Å². The third-order valence-electron chi connectivity index (χ3n) is 3.15. The predicted molar refractivity (Wildman–Crippen MR) is 71.2 cm³/mol. The first kappa shape index (κ1) is 13.7. The minimum Gasteiger partial charge on any atom is -0.458 e. The molecule has 1 aliphatic heterocycles. The molecule has 1 unspecified atom stereocenters. The molecule has 104 valence electrons. The second-order valence-corrected chi connectivity index (χ2v) is 4.71. The molecule has 2 rings (SSSR count). The minimum atomic E-state index is -0.251. The van der Waals surface area contributed by atoms with Crippen LogP contribution < -0.4 is 9.47 Å². The number of carbonyl (C=O) groups is 1. The fraction of sp³-hybridized carbons (Fsp3) is 0.533. The Morgan fingerprint density at radius 2 is 2.11 bits per heavy atom. The molecule has 0 saturated carbocycles. The van der Waals surface area contributed by atoms with Crippen LogP contribution in [0.15, 0.2) is 18.2 Å². The number of unbranched alkanes of at least 4 members (excludes halogenated alkanes) is 2. The molecule has 1 aromatic carbocycles. The van der Waals surface area contributed by atoms with E-state index >= 15 is 0 Å². The summed E-state index contributed by atoms with van der Waals surface area (Å²) in [5.74, 6) is 1.23. The molecule has 0 saturated heterocycles. The summed E-state index contributed by atoms with van der Waals surface area (Å²) < 4.78 is 16.0. The van der Waals surface area contributed by atoms with E-state index in [4.69, 9.17) is 14.2 Å². The standard InChI is InChI=1S/C15H20O4/c1-3-4-5-6-13(19-11(2)16)12-7-8-14-15(9-12)18-10-17-14/h7-9,13H,3-6,10H2,1-2H3. The molecular weight excluding hydrogens is 244 g/mol. The van der Waals surface area contributed by atoms with Gasteiger partial charge in [-0.1, -0.05) is 25.8 Å². The van der Waals surface area contributed by atoms with E-state index in [2.05, 4.69) is 6.92 Å². The summed E-state index contributed by atoms with van der Waals surface area (Å²) in [5, 5.41) is 0. The van der Waals surface area contributed by atoms with Gasteiger partial charge in [0.1, 0.15) is 6.10 Å². The average molecular weight is 264 g/mol. The van der Waals surface area contributed by atoms with Gasteiger partial charge in [-0.15, -0.1) is 0 Å². The molecule has 1 aromatic rings. The molecule has 1 atom stereocenters. The first-order valence-electron chi connectivity index (χ1n) is 6.77. The zero-order valence-corrected chi connectivity index (χ0v) is 11.5. The maximum atomic E-state index is 11.2. The molecule has 0 amide bonds. The van der Waals surface area contributed by atoms with Crippen molar-refractivity contribution in [2.75, 3.05) is 6.79 Å². The van der Waals surface area contributed by atoms with Gasteiger partial charge in [0.25, 0.3) is 0 Å². The van der Waals surface area contributed by atoms with Crippen LogP contribution in [-0.2, 0) is 9.53 Å². The third-order valence-corrected chi connectivity index (χ3v) is 3.15. The molecule has 0 bridgehead atoms. The van der Waals surface area contributed by atoms with Crippen molar-refractivity contribution in [3.05, 3.63) is 23.8 Å². The number of benzene rings is 1. The Bertz CT molecular complexity index is 442. The Labute approximate surface area is 113 Å².